The van der Waals surface area contributed by atoms with Crippen LogP contribution in [0, 0.1) is 50.7 Å². The molecule has 2 N–H and O–H groups in total. The summed E-state index contributed by atoms with van der Waals surface area (Å²) in [5.74, 6) is 1.84. The molecule has 0 aromatic carbocycles. The van der Waals surface area contributed by atoms with E-state index >= 15 is 4.39 Å². The summed E-state index contributed by atoms with van der Waals surface area (Å²) < 4.78 is 16.5. The Morgan fingerprint density at radius 2 is 1.76 bits per heavy atom. The Bertz CT molecular complexity index is 884. The van der Waals surface area contributed by atoms with Crippen LogP contribution in [0.5, 0.6) is 0 Å². The second-order valence-corrected chi connectivity index (χ2v) is 14.8. The Labute approximate surface area is 207 Å². The SMILES string of the molecule is C[C@H](C/C=C/C(C)(C)O)[C@H]1CC[C@@]2(C)C3C=C[C@@]45CC(F)[C@]3(CC[C@]12C)C4CC[C@H](O)C5(C)C. The largest absolute Gasteiger partial charge is 0.393 e. The molecule has 0 aromatic rings. The Morgan fingerprint density at radius 1 is 1.06 bits per heavy atom. The van der Waals surface area contributed by atoms with Crippen molar-refractivity contribution >= 4 is 0 Å². The first-order valence-electron chi connectivity index (χ1n) is 14.1. The maximum absolute atomic E-state index is 16.5. The van der Waals surface area contributed by atoms with Crippen LogP contribution in [-0.4, -0.2) is 28.1 Å². The van der Waals surface area contributed by atoms with Crippen molar-refractivity contribution in [2.24, 2.45) is 50.7 Å². The van der Waals surface area contributed by atoms with Crippen LogP contribution in [0.4, 0.5) is 4.39 Å². The fourth-order valence-electron chi connectivity index (χ4n) is 10.7. The van der Waals surface area contributed by atoms with Crippen LogP contribution in [0.1, 0.15) is 99.8 Å². The van der Waals surface area contributed by atoms with Crippen LogP contribution < -0.4 is 0 Å². The standard InChI is InChI=1S/C31H49FO2/c1-20(9-8-14-26(2,3)34)21-12-15-29(7)22-13-16-30-19-24(32)31(22,18-17-28(21,29)6)23(30)10-11-25(33)27(30,4)5/h8,13-14,16,20-25,33-34H,9-12,15,17-19H2,1-7H3/b14-8+/t20-,21-,22?,23?,24?,25+,28-,29+,30-,31+/m1/s1. The number of rotatable bonds is 4. The van der Waals surface area contributed by atoms with Gasteiger partial charge in [-0.1, -0.05) is 58.9 Å². The summed E-state index contributed by atoms with van der Waals surface area (Å²) in [7, 11) is 0. The number of hydrogen-bond donors (Lipinski definition) is 2. The van der Waals surface area contributed by atoms with E-state index in [1.54, 1.807) is 0 Å². The molecule has 4 fully saturated rings. The zero-order valence-corrected chi connectivity index (χ0v) is 22.7. The molecule has 3 unspecified atom stereocenters. The molecule has 0 saturated heterocycles. The van der Waals surface area contributed by atoms with E-state index in [9.17, 15) is 10.2 Å². The van der Waals surface area contributed by atoms with E-state index in [2.05, 4.69) is 52.8 Å². The van der Waals surface area contributed by atoms with Gasteiger partial charge in [0.2, 0.25) is 0 Å². The van der Waals surface area contributed by atoms with Crippen molar-refractivity contribution in [2.45, 2.75) is 118 Å². The quantitative estimate of drug-likeness (QED) is 0.423. The van der Waals surface area contributed by atoms with Crippen LogP contribution in [0.2, 0.25) is 0 Å². The fraction of sp³-hybridized carbons (Fsp3) is 0.871. The molecule has 0 radical (unpaired) electrons. The zero-order chi connectivity index (χ0) is 24.9. The number of hydrogen-bond acceptors (Lipinski definition) is 2. The van der Waals surface area contributed by atoms with Gasteiger partial charge in [0, 0.05) is 16.2 Å². The molecule has 1 spiro atoms. The van der Waals surface area contributed by atoms with E-state index < -0.39 is 11.8 Å². The molecule has 192 valence electrons. The topological polar surface area (TPSA) is 40.5 Å². The monoisotopic (exact) mass is 472 g/mol. The second kappa shape index (κ2) is 7.44. The van der Waals surface area contributed by atoms with Crippen LogP contribution in [0.25, 0.3) is 0 Å². The number of fused-ring (bicyclic) bond motifs is 2. The zero-order valence-electron chi connectivity index (χ0n) is 22.7. The highest BCUT2D eigenvalue weighted by Gasteiger charge is 2.77. The average molecular weight is 473 g/mol. The van der Waals surface area contributed by atoms with Gasteiger partial charge in [-0.3, -0.25) is 0 Å². The molecular weight excluding hydrogens is 423 g/mol. The van der Waals surface area contributed by atoms with Crippen molar-refractivity contribution < 1.29 is 14.6 Å². The van der Waals surface area contributed by atoms with E-state index in [-0.39, 0.29) is 33.2 Å². The van der Waals surface area contributed by atoms with Gasteiger partial charge >= 0.3 is 0 Å². The van der Waals surface area contributed by atoms with E-state index in [1.165, 1.54) is 12.8 Å². The summed E-state index contributed by atoms with van der Waals surface area (Å²) in [6.07, 6.45) is 15.8. The smallest absolute Gasteiger partial charge is 0.107 e. The lowest BCUT2D eigenvalue weighted by atomic mass is 9.38. The molecule has 34 heavy (non-hydrogen) atoms. The Balaban J connectivity index is 1.50. The minimum absolute atomic E-state index is 0.113. The lowest BCUT2D eigenvalue weighted by Crippen LogP contribution is -2.62. The van der Waals surface area contributed by atoms with Gasteiger partial charge in [0.05, 0.1) is 11.7 Å². The predicted molar refractivity (Wildman–Crippen MR) is 137 cm³/mol. The average Bonchev–Trinajstić information content (AvgIpc) is 3.09. The molecule has 10 atom stereocenters. The summed E-state index contributed by atoms with van der Waals surface area (Å²) >= 11 is 0. The van der Waals surface area contributed by atoms with Gasteiger partial charge in [0.15, 0.2) is 0 Å². The van der Waals surface area contributed by atoms with Crippen LogP contribution in [0.15, 0.2) is 24.3 Å². The van der Waals surface area contributed by atoms with Gasteiger partial charge in [-0.15, -0.1) is 0 Å². The van der Waals surface area contributed by atoms with Gasteiger partial charge in [-0.05, 0) is 99.7 Å². The molecule has 5 aliphatic rings. The van der Waals surface area contributed by atoms with Crippen molar-refractivity contribution in [3.05, 3.63) is 24.3 Å². The van der Waals surface area contributed by atoms with Gasteiger partial charge in [-0.2, -0.15) is 0 Å². The minimum Gasteiger partial charge on any atom is -0.393 e. The molecule has 0 aromatic heterocycles. The van der Waals surface area contributed by atoms with E-state index in [0.29, 0.717) is 30.1 Å². The first-order chi connectivity index (χ1) is 15.7. The maximum atomic E-state index is 16.5. The molecule has 0 heterocycles. The summed E-state index contributed by atoms with van der Waals surface area (Å²) in [6.45, 7) is 15.5. The highest BCUT2D eigenvalue weighted by Crippen LogP contribution is 2.81. The highest BCUT2D eigenvalue weighted by atomic mass is 19.1. The lowest BCUT2D eigenvalue weighted by Gasteiger charge is -2.66. The van der Waals surface area contributed by atoms with E-state index in [4.69, 9.17) is 0 Å². The lowest BCUT2D eigenvalue weighted by molar-refractivity contribution is -0.176. The molecule has 2 nitrogen and oxygen atoms in total. The van der Waals surface area contributed by atoms with E-state index in [1.807, 2.05) is 19.9 Å². The molecule has 5 rings (SSSR count). The summed E-state index contributed by atoms with van der Waals surface area (Å²) in [5.41, 5.74) is -1.16. The van der Waals surface area contributed by atoms with Crippen molar-refractivity contribution in [3.63, 3.8) is 0 Å². The molecule has 0 amide bonds. The molecule has 0 aliphatic heterocycles. The highest BCUT2D eigenvalue weighted by molar-refractivity contribution is 5.34. The summed E-state index contributed by atoms with van der Waals surface area (Å²) in [4.78, 5) is 0. The normalized spacial score (nSPS) is 52.4. The Hall–Kier alpha value is -0.670. The molecule has 5 aliphatic carbocycles. The molecule has 2 bridgehead atoms. The Morgan fingerprint density at radius 3 is 2.44 bits per heavy atom. The predicted octanol–water partition coefficient (Wildman–Crippen LogP) is 7.25. The number of allylic oxidation sites excluding steroid dienone is 3. The summed E-state index contributed by atoms with van der Waals surface area (Å²) in [6, 6.07) is 0. The Kier molecular flexibility index (Phi) is 5.47. The summed E-state index contributed by atoms with van der Waals surface area (Å²) in [5, 5.41) is 21.0. The fourth-order valence-corrected chi connectivity index (χ4v) is 10.7. The van der Waals surface area contributed by atoms with Crippen LogP contribution in [-0.2, 0) is 0 Å². The molecular formula is C31H49FO2. The van der Waals surface area contributed by atoms with Crippen molar-refractivity contribution in [3.8, 4) is 0 Å². The maximum Gasteiger partial charge on any atom is 0.107 e. The minimum atomic E-state index is -0.769. The van der Waals surface area contributed by atoms with Gasteiger partial charge in [-0.25, -0.2) is 4.39 Å². The van der Waals surface area contributed by atoms with Crippen LogP contribution >= 0.6 is 0 Å². The van der Waals surface area contributed by atoms with Crippen molar-refractivity contribution in [2.75, 3.05) is 0 Å². The van der Waals surface area contributed by atoms with Gasteiger partial charge < -0.3 is 10.2 Å². The molecule has 3 heteroatoms. The van der Waals surface area contributed by atoms with E-state index in [0.717, 1.165) is 32.1 Å². The van der Waals surface area contributed by atoms with Crippen molar-refractivity contribution in [1.29, 1.82) is 0 Å². The van der Waals surface area contributed by atoms with Gasteiger partial charge in [0.1, 0.15) is 6.17 Å². The van der Waals surface area contributed by atoms with Crippen LogP contribution in [0.3, 0.4) is 0 Å². The van der Waals surface area contributed by atoms with Crippen molar-refractivity contribution in [1.82, 2.24) is 0 Å². The number of aliphatic hydroxyl groups excluding tert-OH is 1. The second-order valence-electron chi connectivity index (χ2n) is 14.8. The number of halogens is 1. The third-order valence-corrected chi connectivity index (χ3v) is 12.9. The van der Waals surface area contributed by atoms with Gasteiger partial charge in [0.25, 0.3) is 0 Å². The number of aliphatic hydroxyl groups is 2. The number of alkyl halides is 1. The molecule has 4 saturated carbocycles. The first kappa shape index (κ1) is 25.0. The third-order valence-electron chi connectivity index (χ3n) is 12.9. The first-order valence-corrected chi connectivity index (χ1v) is 14.1. The third kappa shape index (κ3) is 2.92.